The van der Waals surface area contributed by atoms with Crippen LogP contribution in [0.1, 0.15) is 75.2 Å². The van der Waals surface area contributed by atoms with E-state index in [1.807, 2.05) is 95.5 Å². The Kier molecular flexibility index (Phi) is 13.7. The fourth-order valence-corrected chi connectivity index (χ4v) is 7.27. The van der Waals surface area contributed by atoms with Crippen LogP contribution < -0.4 is 20.5 Å². The third kappa shape index (κ3) is 12.0. The summed E-state index contributed by atoms with van der Waals surface area (Å²) in [5.74, 6) is 2.02. The van der Waals surface area contributed by atoms with Crippen molar-refractivity contribution in [2.45, 2.75) is 91.8 Å². The van der Waals surface area contributed by atoms with Gasteiger partial charge < -0.3 is 35.2 Å². The van der Waals surface area contributed by atoms with Crippen LogP contribution in [0.3, 0.4) is 0 Å². The van der Waals surface area contributed by atoms with Gasteiger partial charge in [0.15, 0.2) is 0 Å². The molecule has 2 aromatic carbocycles. The minimum Gasteiger partial charge on any atom is -0.490 e. The predicted molar refractivity (Wildman–Crippen MR) is 229 cm³/mol. The SMILES string of the molecule is CC(C)C[C@@](C)(COc1ccc(-c2ncnc3[nH]ccc23)cc1Cl)NC(=O)OC(C)(C)C.CC(C)C[C@](C)(N)COc1ccc(-c2ncnc3[nH]ccc23)cc1Cl. The fraction of sp³-hybridized carbons (Fsp3) is 0.419. The number of H-pyrrole nitrogens is 2. The molecule has 14 heteroatoms. The molecule has 0 spiro atoms. The molecular formula is C43H54Cl2N8O4. The number of hydrogen-bond donors (Lipinski definition) is 4. The van der Waals surface area contributed by atoms with E-state index in [1.54, 1.807) is 0 Å². The van der Waals surface area contributed by atoms with Crippen LogP contribution in [0.5, 0.6) is 11.5 Å². The Morgan fingerprint density at radius 1 is 0.719 bits per heavy atom. The lowest BCUT2D eigenvalue weighted by Gasteiger charge is -2.33. The van der Waals surface area contributed by atoms with Gasteiger partial charge in [0, 0.05) is 39.8 Å². The molecule has 0 aliphatic heterocycles. The Morgan fingerprint density at radius 2 is 1.19 bits per heavy atom. The Morgan fingerprint density at radius 3 is 1.63 bits per heavy atom. The molecule has 2 atom stereocenters. The highest BCUT2D eigenvalue weighted by molar-refractivity contribution is 6.32. The number of ether oxygens (including phenoxy) is 3. The summed E-state index contributed by atoms with van der Waals surface area (Å²) in [6.45, 7) is 18.6. The number of amides is 1. The zero-order valence-electron chi connectivity index (χ0n) is 34.2. The first-order valence-electron chi connectivity index (χ1n) is 19.0. The van der Waals surface area contributed by atoms with Gasteiger partial charge in [-0.1, -0.05) is 50.9 Å². The number of carbonyl (C=O) groups is 1. The first kappa shape index (κ1) is 43.2. The molecule has 0 fully saturated rings. The van der Waals surface area contributed by atoms with Crippen LogP contribution in [0, 0.1) is 11.8 Å². The number of alkyl carbamates (subject to hydrolysis) is 1. The lowest BCUT2D eigenvalue weighted by atomic mass is 9.91. The topological polar surface area (TPSA) is 166 Å². The summed E-state index contributed by atoms with van der Waals surface area (Å²) < 4.78 is 17.4. The molecule has 12 nitrogen and oxygen atoms in total. The van der Waals surface area contributed by atoms with Crippen LogP contribution >= 0.6 is 23.2 Å². The minimum absolute atomic E-state index is 0.249. The summed E-state index contributed by atoms with van der Waals surface area (Å²) in [6, 6.07) is 15.1. The molecular weight excluding hydrogens is 763 g/mol. The van der Waals surface area contributed by atoms with Crippen molar-refractivity contribution in [2.24, 2.45) is 17.6 Å². The first-order chi connectivity index (χ1) is 26.8. The summed E-state index contributed by atoms with van der Waals surface area (Å²) in [6.07, 6.45) is 7.87. The maximum absolute atomic E-state index is 12.4. The summed E-state index contributed by atoms with van der Waals surface area (Å²) in [5, 5.41) is 5.86. The third-order valence-electron chi connectivity index (χ3n) is 8.76. The van der Waals surface area contributed by atoms with Gasteiger partial charge >= 0.3 is 6.09 Å². The van der Waals surface area contributed by atoms with E-state index in [4.69, 9.17) is 43.1 Å². The van der Waals surface area contributed by atoms with E-state index in [1.165, 1.54) is 12.7 Å². The van der Waals surface area contributed by atoms with Crippen molar-refractivity contribution in [3.8, 4) is 34.0 Å². The van der Waals surface area contributed by atoms with Gasteiger partial charge in [-0.05, 0) is 108 Å². The quantitative estimate of drug-likeness (QED) is 0.0887. The second-order valence-electron chi connectivity index (χ2n) is 16.8. The van der Waals surface area contributed by atoms with Gasteiger partial charge in [0.05, 0.1) is 27.0 Å². The van der Waals surface area contributed by atoms with Gasteiger partial charge in [-0.3, -0.25) is 0 Å². The molecule has 0 saturated heterocycles. The smallest absolute Gasteiger partial charge is 0.408 e. The molecule has 1 amide bonds. The van der Waals surface area contributed by atoms with Crippen molar-refractivity contribution >= 4 is 51.4 Å². The minimum atomic E-state index is -0.623. The summed E-state index contributed by atoms with van der Waals surface area (Å²) >= 11 is 13.0. The van der Waals surface area contributed by atoms with E-state index in [0.29, 0.717) is 46.4 Å². The van der Waals surface area contributed by atoms with Gasteiger partial charge in [-0.15, -0.1) is 0 Å². The Hall–Kier alpha value is -4.91. The molecule has 0 bridgehead atoms. The predicted octanol–water partition coefficient (Wildman–Crippen LogP) is 10.4. The average Bonchev–Trinajstić information content (AvgIpc) is 3.79. The molecule has 5 N–H and O–H groups in total. The number of nitrogens with two attached hydrogens (primary N) is 1. The summed E-state index contributed by atoms with van der Waals surface area (Å²) in [4.78, 5) is 35.8. The van der Waals surface area contributed by atoms with Gasteiger partial charge in [0.2, 0.25) is 0 Å². The fourth-order valence-electron chi connectivity index (χ4n) is 6.80. The second-order valence-corrected chi connectivity index (χ2v) is 17.6. The van der Waals surface area contributed by atoms with Crippen LogP contribution in [0.25, 0.3) is 44.6 Å². The van der Waals surface area contributed by atoms with Gasteiger partial charge in [0.25, 0.3) is 0 Å². The van der Waals surface area contributed by atoms with Crippen molar-refractivity contribution in [2.75, 3.05) is 13.2 Å². The summed E-state index contributed by atoms with van der Waals surface area (Å²) in [5.41, 5.74) is 9.69. The highest BCUT2D eigenvalue weighted by atomic mass is 35.5. The molecule has 0 aliphatic carbocycles. The monoisotopic (exact) mass is 816 g/mol. The summed E-state index contributed by atoms with van der Waals surface area (Å²) in [7, 11) is 0. The number of fused-ring (bicyclic) bond motifs is 2. The number of benzene rings is 2. The van der Waals surface area contributed by atoms with E-state index in [2.05, 4.69) is 62.9 Å². The molecule has 57 heavy (non-hydrogen) atoms. The lowest BCUT2D eigenvalue weighted by molar-refractivity contribution is 0.0408. The largest absolute Gasteiger partial charge is 0.490 e. The van der Waals surface area contributed by atoms with E-state index in [-0.39, 0.29) is 12.1 Å². The maximum atomic E-state index is 12.4. The van der Waals surface area contributed by atoms with Gasteiger partial charge in [-0.25, -0.2) is 24.7 Å². The van der Waals surface area contributed by atoms with Crippen LogP contribution in [0.2, 0.25) is 10.0 Å². The number of hydrogen-bond acceptors (Lipinski definition) is 9. The van der Waals surface area contributed by atoms with Gasteiger partial charge in [0.1, 0.15) is 54.3 Å². The second kappa shape index (κ2) is 18.1. The molecule has 6 aromatic rings. The molecule has 0 radical (unpaired) electrons. The van der Waals surface area contributed by atoms with Crippen LogP contribution in [-0.2, 0) is 4.74 Å². The van der Waals surface area contributed by atoms with Crippen LogP contribution in [0.4, 0.5) is 4.79 Å². The van der Waals surface area contributed by atoms with Gasteiger partial charge in [-0.2, -0.15) is 0 Å². The molecule has 304 valence electrons. The average molecular weight is 818 g/mol. The zero-order valence-corrected chi connectivity index (χ0v) is 35.7. The lowest BCUT2D eigenvalue weighted by Crippen LogP contribution is -2.52. The van der Waals surface area contributed by atoms with Crippen molar-refractivity contribution in [1.29, 1.82) is 0 Å². The van der Waals surface area contributed by atoms with E-state index in [0.717, 1.165) is 51.0 Å². The molecule has 6 rings (SSSR count). The van der Waals surface area contributed by atoms with E-state index < -0.39 is 17.2 Å². The number of carbonyl (C=O) groups excluding carboxylic acids is 1. The number of rotatable bonds is 13. The Bertz CT molecular complexity index is 2280. The number of aromatic nitrogens is 6. The third-order valence-corrected chi connectivity index (χ3v) is 9.35. The van der Waals surface area contributed by atoms with Crippen molar-refractivity contribution in [3.05, 3.63) is 83.6 Å². The molecule has 0 unspecified atom stereocenters. The highest BCUT2D eigenvalue weighted by Crippen LogP contribution is 2.34. The van der Waals surface area contributed by atoms with E-state index >= 15 is 0 Å². The standard InChI is InChI=1S/C24H31ClN4O3.C19H23ClN4O/c1-15(2)12-24(6,29-22(30)32-23(3,4)5)13-31-19-8-7-16(11-18(19)25)20-17-9-10-26-21(17)28-14-27-20;1-12(2)9-19(3,21)10-25-16-5-4-13(8-15(16)20)17-14-6-7-22-18(14)24-11-23-17/h7-11,14-15H,12-13H2,1-6H3,(H,29,30)(H,26,27,28);4-8,11-12H,9-10,21H2,1-3H3,(H,22,23,24)/t24-;19-/m00/s1. The normalized spacial score (nSPS) is 13.9. The maximum Gasteiger partial charge on any atom is 0.408 e. The first-order valence-corrected chi connectivity index (χ1v) is 19.8. The van der Waals surface area contributed by atoms with E-state index in [9.17, 15) is 4.79 Å². The molecule has 0 saturated carbocycles. The molecule has 0 aliphatic rings. The molecule has 4 aromatic heterocycles. The number of aromatic amines is 2. The van der Waals surface area contributed by atoms with Crippen molar-refractivity contribution < 1.29 is 19.0 Å². The van der Waals surface area contributed by atoms with Crippen LogP contribution in [0.15, 0.2) is 73.6 Å². The number of nitrogens with one attached hydrogen (secondary N) is 3. The van der Waals surface area contributed by atoms with Crippen molar-refractivity contribution in [1.82, 2.24) is 35.2 Å². The van der Waals surface area contributed by atoms with Crippen molar-refractivity contribution in [3.63, 3.8) is 0 Å². The Labute approximate surface area is 344 Å². The highest BCUT2D eigenvalue weighted by Gasteiger charge is 2.31. The Balaban J connectivity index is 0.000000224. The number of halogens is 2. The van der Waals surface area contributed by atoms with Crippen LogP contribution in [-0.4, -0.2) is 65.9 Å². The molecule has 4 heterocycles. The number of nitrogens with zero attached hydrogens (tertiary/aromatic N) is 4. The zero-order chi connectivity index (χ0) is 41.5.